The zero-order valence-electron chi connectivity index (χ0n) is 13.6. The molecule has 2 aromatic carbocycles. The summed E-state index contributed by atoms with van der Waals surface area (Å²) in [6, 6.07) is 5.21. The van der Waals surface area contributed by atoms with E-state index in [1.165, 1.54) is 12.1 Å². The van der Waals surface area contributed by atoms with E-state index in [1.807, 2.05) is 22.6 Å². The van der Waals surface area contributed by atoms with Crippen molar-refractivity contribution in [1.29, 1.82) is 0 Å². The molecule has 0 aromatic heterocycles. The fourth-order valence-corrected chi connectivity index (χ4v) is 2.38. The highest BCUT2D eigenvalue weighted by atomic mass is 127. The maximum atomic E-state index is 14.2. The van der Waals surface area contributed by atoms with Gasteiger partial charge in [-0.15, -0.1) is 0 Å². The highest BCUT2D eigenvalue weighted by molar-refractivity contribution is 14.1. The lowest BCUT2D eigenvalue weighted by Gasteiger charge is -2.16. The van der Waals surface area contributed by atoms with Crippen LogP contribution in [0.1, 0.15) is 10.4 Å². The van der Waals surface area contributed by atoms with Gasteiger partial charge in [0.1, 0.15) is 12.4 Å². The molecule has 2 rings (SSSR count). The number of carbonyl (C=O) groups is 1. The second-order valence-corrected chi connectivity index (χ2v) is 6.58. The van der Waals surface area contributed by atoms with Gasteiger partial charge in [0.25, 0.3) is 5.91 Å². The van der Waals surface area contributed by atoms with Gasteiger partial charge in [0.15, 0.2) is 17.7 Å². The molecule has 0 aliphatic carbocycles. The molecule has 0 heterocycles. The molecule has 0 saturated carbocycles. The van der Waals surface area contributed by atoms with Crippen molar-refractivity contribution in [2.45, 2.75) is 12.3 Å². The van der Waals surface area contributed by atoms with E-state index in [2.05, 4.69) is 10.2 Å². The van der Waals surface area contributed by atoms with Crippen LogP contribution < -0.4 is 10.8 Å². The highest BCUT2D eigenvalue weighted by Crippen LogP contribution is 2.28. The van der Waals surface area contributed by atoms with Crippen LogP contribution in [0.3, 0.4) is 0 Å². The number of anilines is 2. The molecule has 0 aliphatic rings. The Balaban J connectivity index is 2.22. The summed E-state index contributed by atoms with van der Waals surface area (Å²) < 4.78 is 78.7. The van der Waals surface area contributed by atoms with Gasteiger partial charge >= 0.3 is 6.18 Å². The van der Waals surface area contributed by atoms with Crippen LogP contribution in [0.5, 0.6) is 0 Å². The van der Waals surface area contributed by atoms with Gasteiger partial charge in [-0.2, -0.15) is 13.2 Å². The smallest absolute Gasteiger partial charge is 0.381 e. The van der Waals surface area contributed by atoms with Crippen molar-refractivity contribution in [3.05, 3.63) is 56.9 Å². The summed E-state index contributed by atoms with van der Waals surface area (Å²) in [4.78, 5) is 16.3. The highest BCUT2D eigenvalue weighted by Gasteiger charge is 2.38. The molecular weight excluding hydrogens is 509 g/mol. The van der Waals surface area contributed by atoms with Gasteiger partial charge in [-0.05, 0) is 52.9 Å². The molecule has 28 heavy (non-hydrogen) atoms. The first-order chi connectivity index (χ1) is 13.0. The van der Waals surface area contributed by atoms with Crippen LogP contribution in [-0.2, 0) is 4.84 Å². The number of hydrogen-bond donors (Lipinski definition) is 3. The van der Waals surface area contributed by atoms with E-state index in [9.17, 15) is 31.1 Å². The lowest BCUT2D eigenvalue weighted by Crippen LogP contribution is -2.36. The molecule has 1 atom stereocenters. The summed E-state index contributed by atoms with van der Waals surface area (Å²) >= 11 is 1.83. The molecule has 0 saturated heterocycles. The minimum atomic E-state index is -4.97. The molecule has 3 N–H and O–H groups in total. The Morgan fingerprint density at radius 1 is 1.14 bits per heavy atom. The summed E-state index contributed by atoms with van der Waals surface area (Å²) in [5, 5.41) is 11.0. The normalized spacial score (nSPS) is 12.6. The number of carbonyl (C=O) groups excluding carboxylic acids is 1. The molecule has 0 aliphatic heterocycles. The molecule has 2 aromatic rings. The number of rotatable bonds is 6. The van der Waals surface area contributed by atoms with Crippen LogP contribution in [0.25, 0.3) is 0 Å². The summed E-state index contributed by atoms with van der Waals surface area (Å²) in [5.41, 5.74) is -0.0186. The van der Waals surface area contributed by atoms with Crippen LogP contribution >= 0.6 is 22.6 Å². The lowest BCUT2D eigenvalue weighted by molar-refractivity contribution is -0.221. The predicted octanol–water partition coefficient (Wildman–Crippen LogP) is 4.04. The maximum Gasteiger partial charge on any atom is 0.416 e. The molecular formula is C16H11F6IN2O3. The van der Waals surface area contributed by atoms with Gasteiger partial charge in [0.05, 0.1) is 16.9 Å². The number of benzene rings is 2. The van der Waals surface area contributed by atoms with E-state index in [0.717, 1.165) is 12.1 Å². The number of halogens is 7. The van der Waals surface area contributed by atoms with E-state index in [-0.39, 0.29) is 5.69 Å². The van der Waals surface area contributed by atoms with Gasteiger partial charge in [0.2, 0.25) is 0 Å². The zero-order valence-corrected chi connectivity index (χ0v) is 15.7. The number of alkyl halides is 3. The lowest BCUT2D eigenvalue weighted by atomic mass is 10.1. The first-order valence-corrected chi connectivity index (χ1v) is 8.45. The monoisotopic (exact) mass is 520 g/mol. The summed E-state index contributed by atoms with van der Waals surface area (Å²) in [6.45, 7) is -1.33. The number of hydrogen-bond acceptors (Lipinski definition) is 4. The number of amides is 1. The number of aliphatic hydroxyl groups excluding tert-OH is 1. The Bertz CT molecular complexity index is 878. The molecule has 12 heteroatoms. The molecule has 0 fully saturated rings. The first-order valence-electron chi connectivity index (χ1n) is 7.37. The second kappa shape index (κ2) is 8.96. The van der Waals surface area contributed by atoms with Crippen molar-refractivity contribution in [3.8, 4) is 0 Å². The van der Waals surface area contributed by atoms with E-state index in [1.54, 1.807) is 5.48 Å². The Hall–Kier alpha value is -2.06. The molecule has 0 radical (unpaired) electrons. The van der Waals surface area contributed by atoms with E-state index < -0.39 is 53.5 Å². The van der Waals surface area contributed by atoms with Crippen LogP contribution in [0.15, 0.2) is 30.3 Å². The number of aliphatic hydroxyl groups is 1. The molecule has 1 amide bonds. The maximum absolute atomic E-state index is 14.2. The Labute approximate surface area is 167 Å². The van der Waals surface area contributed by atoms with Crippen LogP contribution in [-0.4, -0.2) is 29.9 Å². The fraction of sp³-hybridized carbons (Fsp3) is 0.188. The van der Waals surface area contributed by atoms with Crippen molar-refractivity contribution in [1.82, 2.24) is 5.48 Å². The van der Waals surface area contributed by atoms with Crippen LogP contribution in [0.2, 0.25) is 0 Å². The van der Waals surface area contributed by atoms with Crippen molar-refractivity contribution in [3.63, 3.8) is 0 Å². The third-order valence-electron chi connectivity index (χ3n) is 3.31. The Morgan fingerprint density at radius 2 is 1.82 bits per heavy atom. The molecule has 0 bridgehead atoms. The van der Waals surface area contributed by atoms with Crippen molar-refractivity contribution in [2.24, 2.45) is 0 Å². The number of hydroxylamine groups is 1. The second-order valence-electron chi connectivity index (χ2n) is 5.33. The third-order valence-corrected chi connectivity index (χ3v) is 3.99. The van der Waals surface area contributed by atoms with Crippen LogP contribution in [0, 0.1) is 21.0 Å². The predicted molar refractivity (Wildman–Crippen MR) is 94.2 cm³/mol. The molecule has 152 valence electrons. The van der Waals surface area contributed by atoms with Gasteiger partial charge in [-0.1, -0.05) is 0 Å². The SMILES string of the molecule is O=C(NOCC(O)C(F)(F)F)c1ccc(F)c(F)c1Nc1ccc(I)cc1F. The van der Waals surface area contributed by atoms with Crippen molar-refractivity contribution < 1.29 is 41.1 Å². The van der Waals surface area contributed by atoms with Gasteiger partial charge in [0, 0.05) is 3.57 Å². The Morgan fingerprint density at radius 3 is 2.43 bits per heavy atom. The average Bonchev–Trinajstić information content (AvgIpc) is 2.60. The van der Waals surface area contributed by atoms with E-state index in [4.69, 9.17) is 5.11 Å². The minimum Gasteiger partial charge on any atom is -0.381 e. The molecule has 0 spiro atoms. The molecule has 1 unspecified atom stereocenters. The van der Waals surface area contributed by atoms with Crippen molar-refractivity contribution >= 4 is 39.9 Å². The largest absolute Gasteiger partial charge is 0.416 e. The van der Waals surface area contributed by atoms with E-state index >= 15 is 0 Å². The Kier molecular flexibility index (Phi) is 7.11. The summed E-state index contributed by atoms with van der Waals surface area (Å²) in [5.74, 6) is -4.92. The topological polar surface area (TPSA) is 70.6 Å². The number of nitrogens with one attached hydrogen (secondary N) is 2. The first kappa shape index (κ1) is 22.2. The quantitative estimate of drug-likeness (QED) is 0.306. The van der Waals surface area contributed by atoms with Gasteiger partial charge in [-0.3, -0.25) is 9.63 Å². The van der Waals surface area contributed by atoms with E-state index in [0.29, 0.717) is 9.64 Å². The van der Waals surface area contributed by atoms with Crippen molar-refractivity contribution in [2.75, 3.05) is 11.9 Å². The minimum absolute atomic E-state index is 0.271. The zero-order chi connectivity index (χ0) is 21.1. The van der Waals surface area contributed by atoms with Gasteiger partial charge < -0.3 is 10.4 Å². The third kappa shape index (κ3) is 5.48. The average molecular weight is 520 g/mol. The fourth-order valence-electron chi connectivity index (χ4n) is 1.92. The van der Waals surface area contributed by atoms with Gasteiger partial charge in [-0.25, -0.2) is 18.7 Å². The summed E-state index contributed by atoms with van der Waals surface area (Å²) in [7, 11) is 0. The standard InChI is InChI=1S/C16H11F6IN2O3/c17-9-3-2-8(15(27)25-28-6-12(26)16(20,21)22)14(13(9)19)24-11-4-1-7(23)5-10(11)18/h1-5,12,24,26H,6H2,(H,25,27). The molecule has 5 nitrogen and oxygen atoms in total. The van der Waals surface area contributed by atoms with Crippen LogP contribution in [0.4, 0.5) is 37.7 Å². The summed E-state index contributed by atoms with van der Waals surface area (Å²) in [6.07, 6.45) is -7.84.